The molecule has 2 atom stereocenters. The summed E-state index contributed by atoms with van der Waals surface area (Å²) in [5.74, 6) is 0. The minimum absolute atomic E-state index is 0.0907. The molecule has 10 heteroatoms. The summed E-state index contributed by atoms with van der Waals surface area (Å²) in [6.07, 6.45) is -1.72. The normalized spacial score (nSPS) is 13.3. The van der Waals surface area contributed by atoms with E-state index in [1.165, 1.54) is 6.33 Å². The fourth-order valence-electron chi connectivity index (χ4n) is 2.50. The van der Waals surface area contributed by atoms with Crippen LogP contribution in [0.4, 0.5) is 4.79 Å². The summed E-state index contributed by atoms with van der Waals surface area (Å²) < 4.78 is 5.07. The number of ether oxygens (including phenoxy) is 1. The summed E-state index contributed by atoms with van der Waals surface area (Å²) in [5, 5.41) is 30.1. The van der Waals surface area contributed by atoms with Crippen LogP contribution in [0.2, 0.25) is 5.15 Å². The highest BCUT2D eigenvalue weighted by Gasteiger charge is 2.24. The van der Waals surface area contributed by atoms with Crippen LogP contribution in [0.25, 0.3) is 11.0 Å². The van der Waals surface area contributed by atoms with E-state index in [-0.39, 0.29) is 30.4 Å². The predicted molar refractivity (Wildman–Crippen MR) is 96.9 cm³/mol. The topological polar surface area (TPSA) is 133 Å². The van der Waals surface area contributed by atoms with Crippen LogP contribution >= 0.6 is 11.6 Å². The Balaban J connectivity index is 1.48. The van der Waals surface area contributed by atoms with Gasteiger partial charge in [-0.2, -0.15) is 5.10 Å². The van der Waals surface area contributed by atoms with E-state index in [0.29, 0.717) is 11.0 Å². The van der Waals surface area contributed by atoms with Gasteiger partial charge >= 0.3 is 6.09 Å². The van der Waals surface area contributed by atoms with Crippen LogP contribution in [-0.4, -0.2) is 49.1 Å². The van der Waals surface area contributed by atoms with Crippen LogP contribution in [0.15, 0.2) is 36.7 Å². The third-order valence-electron chi connectivity index (χ3n) is 3.92. The summed E-state index contributed by atoms with van der Waals surface area (Å²) in [4.78, 5) is 19.5. The van der Waals surface area contributed by atoms with E-state index >= 15 is 0 Å². The Morgan fingerprint density at radius 1 is 1.26 bits per heavy atom. The lowest BCUT2D eigenvalue weighted by molar-refractivity contribution is 0.0119. The molecule has 1 amide bonds. The molecule has 2 aromatic heterocycles. The Hall–Kier alpha value is -2.75. The molecule has 0 saturated carbocycles. The van der Waals surface area contributed by atoms with Crippen LogP contribution in [0.1, 0.15) is 23.8 Å². The van der Waals surface area contributed by atoms with Crippen LogP contribution < -0.4 is 5.32 Å². The van der Waals surface area contributed by atoms with Crippen molar-refractivity contribution >= 4 is 28.7 Å². The average molecular weight is 392 g/mol. The number of aromatic nitrogens is 4. The highest BCUT2D eigenvalue weighted by molar-refractivity contribution is 6.34. The minimum atomic E-state index is -1.29. The molecule has 2 heterocycles. The highest BCUT2D eigenvalue weighted by Crippen LogP contribution is 2.28. The number of aliphatic hydroxyl groups excluding tert-OH is 2. The van der Waals surface area contributed by atoms with E-state index in [4.69, 9.17) is 16.3 Å². The summed E-state index contributed by atoms with van der Waals surface area (Å²) >= 11 is 6.01. The number of amides is 1. The van der Waals surface area contributed by atoms with Gasteiger partial charge in [-0.1, -0.05) is 41.9 Å². The molecule has 0 aliphatic carbocycles. The van der Waals surface area contributed by atoms with Gasteiger partial charge in [-0.3, -0.25) is 5.10 Å². The van der Waals surface area contributed by atoms with Gasteiger partial charge in [0.2, 0.25) is 0 Å². The number of H-pyrrole nitrogens is 1. The lowest BCUT2D eigenvalue weighted by Gasteiger charge is -2.17. The van der Waals surface area contributed by atoms with Crippen molar-refractivity contribution in [3.63, 3.8) is 0 Å². The van der Waals surface area contributed by atoms with Crippen LogP contribution in [0, 0.1) is 0 Å². The van der Waals surface area contributed by atoms with Crippen LogP contribution in [0.5, 0.6) is 0 Å². The molecular formula is C17H18ClN5O4. The monoisotopic (exact) mass is 391 g/mol. The number of nitrogens with one attached hydrogen (secondary N) is 2. The quantitative estimate of drug-likeness (QED) is 0.450. The fraction of sp³-hybridized carbons (Fsp3) is 0.294. The fourth-order valence-corrected chi connectivity index (χ4v) is 2.73. The lowest BCUT2D eigenvalue weighted by atomic mass is 10.1. The molecule has 0 radical (unpaired) electrons. The Labute approximate surface area is 159 Å². The van der Waals surface area contributed by atoms with Gasteiger partial charge < -0.3 is 20.3 Å². The number of hydrogen-bond donors (Lipinski definition) is 4. The molecule has 142 valence electrons. The molecule has 2 unspecified atom stereocenters. The number of carbonyl (C=O) groups excluding carboxylic acids is 1. The van der Waals surface area contributed by atoms with Gasteiger partial charge in [-0.15, -0.1) is 0 Å². The molecule has 0 fully saturated rings. The van der Waals surface area contributed by atoms with Gasteiger partial charge in [0.15, 0.2) is 5.65 Å². The summed E-state index contributed by atoms with van der Waals surface area (Å²) in [6.45, 7) is 0.263. The second-order valence-corrected chi connectivity index (χ2v) is 6.15. The molecule has 4 N–H and O–H groups in total. The number of halogens is 1. The van der Waals surface area contributed by atoms with Gasteiger partial charge in [0.1, 0.15) is 24.2 Å². The van der Waals surface area contributed by atoms with Gasteiger partial charge in [0, 0.05) is 6.54 Å². The number of aromatic amines is 1. The Bertz CT molecular complexity index is 905. The first-order valence-corrected chi connectivity index (χ1v) is 8.59. The van der Waals surface area contributed by atoms with Crippen molar-refractivity contribution in [1.82, 2.24) is 25.5 Å². The van der Waals surface area contributed by atoms with Crippen molar-refractivity contribution in [1.29, 1.82) is 0 Å². The zero-order valence-electron chi connectivity index (χ0n) is 14.2. The first kappa shape index (κ1) is 19.0. The number of fused-ring (bicyclic) bond motifs is 1. The van der Waals surface area contributed by atoms with E-state index < -0.39 is 18.3 Å². The van der Waals surface area contributed by atoms with Gasteiger partial charge in [0.05, 0.1) is 17.2 Å². The van der Waals surface area contributed by atoms with E-state index in [9.17, 15) is 15.0 Å². The Kier molecular flexibility index (Phi) is 6.17. The maximum atomic E-state index is 11.7. The molecule has 0 aliphatic heterocycles. The van der Waals surface area contributed by atoms with E-state index in [2.05, 4.69) is 25.5 Å². The zero-order valence-corrected chi connectivity index (χ0v) is 14.9. The molecule has 3 rings (SSSR count). The number of alkyl carbamates (subject to hydrolysis) is 1. The third kappa shape index (κ3) is 4.70. The molecule has 0 bridgehead atoms. The van der Waals surface area contributed by atoms with Crippen molar-refractivity contribution < 1.29 is 19.7 Å². The smallest absolute Gasteiger partial charge is 0.407 e. The standard InChI is InChI=1S/C17H18ClN5O4/c18-15-12-13(22-23-16(12)21-9-20-15)14(25)11(24)6-7-19-17(26)27-8-10-4-2-1-3-5-10/h1-5,9,11,14,24-25H,6-8H2,(H,19,26)(H,20,21,22,23). The maximum Gasteiger partial charge on any atom is 0.407 e. The zero-order chi connectivity index (χ0) is 19.2. The number of aliphatic hydroxyl groups is 2. The molecule has 9 nitrogen and oxygen atoms in total. The number of carbonyl (C=O) groups is 1. The Morgan fingerprint density at radius 2 is 2.04 bits per heavy atom. The molecular weight excluding hydrogens is 374 g/mol. The molecule has 0 saturated heterocycles. The summed E-state index contributed by atoms with van der Waals surface area (Å²) in [7, 11) is 0. The van der Waals surface area contributed by atoms with E-state index in [0.717, 1.165) is 5.56 Å². The molecule has 3 aromatic rings. The number of hydrogen-bond acceptors (Lipinski definition) is 7. The molecule has 0 aliphatic rings. The largest absolute Gasteiger partial charge is 0.445 e. The van der Waals surface area contributed by atoms with Crippen molar-refractivity contribution in [2.24, 2.45) is 0 Å². The summed E-state index contributed by atoms with van der Waals surface area (Å²) in [5.41, 5.74) is 1.38. The maximum absolute atomic E-state index is 11.7. The molecule has 1 aromatic carbocycles. The predicted octanol–water partition coefficient (Wildman–Crippen LogP) is 1.72. The van der Waals surface area contributed by atoms with Crippen molar-refractivity contribution in [2.75, 3.05) is 6.54 Å². The lowest BCUT2D eigenvalue weighted by Crippen LogP contribution is -2.30. The second-order valence-electron chi connectivity index (χ2n) is 5.79. The first-order valence-electron chi connectivity index (χ1n) is 8.21. The van der Waals surface area contributed by atoms with Crippen LogP contribution in [0.3, 0.4) is 0 Å². The van der Waals surface area contributed by atoms with Gasteiger partial charge in [-0.05, 0) is 12.0 Å². The van der Waals surface area contributed by atoms with Crippen molar-refractivity contribution in [3.8, 4) is 0 Å². The number of benzene rings is 1. The van der Waals surface area contributed by atoms with Crippen LogP contribution in [-0.2, 0) is 11.3 Å². The SMILES string of the molecule is O=C(NCCC(O)C(O)c1[nH]nc2ncnc(Cl)c12)OCc1ccccc1. The number of rotatable bonds is 7. The molecule has 27 heavy (non-hydrogen) atoms. The van der Waals surface area contributed by atoms with Gasteiger partial charge in [-0.25, -0.2) is 14.8 Å². The van der Waals surface area contributed by atoms with E-state index in [1.54, 1.807) is 0 Å². The summed E-state index contributed by atoms with van der Waals surface area (Å²) in [6, 6.07) is 9.27. The first-order chi connectivity index (χ1) is 13.1. The van der Waals surface area contributed by atoms with Gasteiger partial charge in [0.25, 0.3) is 0 Å². The highest BCUT2D eigenvalue weighted by atomic mass is 35.5. The Morgan fingerprint density at radius 3 is 2.81 bits per heavy atom. The average Bonchev–Trinajstić information content (AvgIpc) is 3.12. The number of nitrogens with zero attached hydrogens (tertiary/aromatic N) is 3. The second kappa shape index (κ2) is 8.76. The molecule has 0 spiro atoms. The third-order valence-corrected chi connectivity index (χ3v) is 4.20. The van der Waals surface area contributed by atoms with Crippen molar-refractivity contribution in [2.45, 2.75) is 25.2 Å². The van der Waals surface area contributed by atoms with Crippen molar-refractivity contribution in [3.05, 3.63) is 53.1 Å². The minimum Gasteiger partial charge on any atom is -0.445 e. The van der Waals surface area contributed by atoms with E-state index in [1.807, 2.05) is 30.3 Å².